The van der Waals surface area contributed by atoms with Crippen LogP contribution < -0.4 is 4.74 Å². The topological polar surface area (TPSA) is 189 Å². The maximum atomic E-state index is 12.5. The number of aromatic carboxylic acids is 1. The van der Waals surface area contributed by atoms with E-state index < -0.39 is 38.6 Å². The number of methoxy groups -OCH3 is 1. The van der Waals surface area contributed by atoms with Gasteiger partial charge in [-0.25, -0.2) is 17.4 Å². The lowest BCUT2D eigenvalue weighted by Crippen LogP contribution is -2.15. The van der Waals surface area contributed by atoms with Gasteiger partial charge in [0.25, 0.3) is 0 Å². The highest BCUT2D eigenvalue weighted by Crippen LogP contribution is 2.38. The molecule has 180 valence electrons. The molecule has 3 rings (SSSR count). The second-order valence-electron chi connectivity index (χ2n) is 6.78. The molecule has 0 heterocycles. The summed E-state index contributed by atoms with van der Waals surface area (Å²) in [5.74, 6) is -1.96. The Labute approximate surface area is 194 Å². The smallest absolute Gasteiger partial charge is 0.397 e. The van der Waals surface area contributed by atoms with Gasteiger partial charge < -0.3 is 14.9 Å². The molecule has 3 aromatic rings. The normalized spacial score (nSPS) is 12.3. The highest BCUT2D eigenvalue weighted by Gasteiger charge is 2.19. The van der Waals surface area contributed by atoms with E-state index in [1.807, 2.05) is 0 Å². The number of hydrogen-bond donors (Lipinski definition) is 3. The summed E-state index contributed by atoms with van der Waals surface area (Å²) in [6.07, 6.45) is 0. The molecular formula is C20H18N2O10S2. The molecule has 0 aliphatic heterocycles. The third-order valence-electron chi connectivity index (χ3n) is 4.57. The van der Waals surface area contributed by atoms with Gasteiger partial charge in [0.05, 0.1) is 29.9 Å². The number of benzene rings is 3. The van der Waals surface area contributed by atoms with Gasteiger partial charge in [0.1, 0.15) is 22.9 Å². The molecule has 34 heavy (non-hydrogen) atoms. The first-order valence-electron chi connectivity index (χ1n) is 9.35. The van der Waals surface area contributed by atoms with Crippen LogP contribution in [0.3, 0.4) is 0 Å². The molecule has 0 aromatic heterocycles. The van der Waals surface area contributed by atoms with Gasteiger partial charge in [-0.2, -0.15) is 8.42 Å². The summed E-state index contributed by atoms with van der Waals surface area (Å²) in [6.45, 7) is -0.799. The number of carboxylic acid groups (broad SMARTS) is 1. The summed E-state index contributed by atoms with van der Waals surface area (Å²) >= 11 is 0. The average Bonchev–Trinajstić information content (AvgIpc) is 2.76. The lowest BCUT2D eigenvalue weighted by Gasteiger charge is -2.09. The van der Waals surface area contributed by atoms with Crippen molar-refractivity contribution in [2.45, 2.75) is 4.90 Å². The van der Waals surface area contributed by atoms with Crippen LogP contribution in [0.2, 0.25) is 0 Å². The number of aromatic hydroxyl groups is 1. The van der Waals surface area contributed by atoms with Gasteiger partial charge in [-0.05, 0) is 41.8 Å². The zero-order chi connectivity index (χ0) is 25.1. The van der Waals surface area contributed by atoms with Crippen molar-refractivity contribution in [1.29, 1.82) is 0 Å². The number of nitrogens with zero attached hydrogens (tertiary/aromatic N) is 2. The van der Waals surface area contributed by atoms with Crippen LogP contribution in [0, 0.1) is 0 Å². The van der Waals surface area contributed by atoms with E-state index in [4.69, 9.17) is 14.4 Å². The molecule has 0 unspecified atom stereocenters. The Hall–Kier alpha value is -3.59. The first-order valence-corrected chi connectivity index (χ1v) is 12.4. The van der Waals surface area contributed by atoms with Crippen LogP contribution in [-0.2, 0) is 24.4 Å². The molecule has 0 amide bonds. The minimum absolute atomic E-state index is 0.0159. The van der Waals surface area contributed by atoms with Gasteiger partial charge in [-0.15, -0.1) is 10.2 Å². The first-order chi connectivity index (χ1) is 15.9. The van der Waals surface area contributed by atoms with Gasteiger partial charge in [0.15, 0.2) is 9.84 Å². The SMILES string of the molecule is COc1ccc(S(=O)(=O)CCOS(=O)(=O)O)cc1N=Nc1c(O)ccc2cc(C(=O)O)ccc12. The highest BCUT2D eigenvalue weighted by molar-refractivity contribution is 7.91. The Bertz CT molecular complexity index is 1500. The lowest BCUT2D eigenvalue weighted by atomic mass is 10.1. The second-order valence-corrected chi connectivity index (χ2v) is 9.98. The van der Waals surface area contributed by atoms with Gasteiger partial charge in [0, 0.05) is 5.39 Å². The molecule has 3 N–H and O–H groups in total. The molecule has 0 saturated carbocycles. The third kappa shape index (κ3) is 5.85. The van der Waals surface area contributed by atoms with Crippen LogP contribution in [0.25, 0.3) is 10.8 Å². The lowest BCUT2D eigenvalue weighted by molar-refractivity contribution is 0.0697. The quantitative estimate of drug-likeness (QED) is 0.284. The Kier molecular flexibility index (Phi) is 7.16. The maximum Gasteiger partial charge on any atom is 0.397 e. The number of azo groups is 1. The summed E-state index contributed by atoms with van der Waals surface area (Å²) < 4.78 is 64.1. The first kappa shape index (κ1) is 25.0. The monoisotopic (exact) mass is 510 g/mol. The molecule has 12 nitrogen and oxygen atoms in total. The summed E-state index contributed by atoms with van der Waals surface area (Å²) in [5.41, 5.74) is 0.0442. The van der Waals surface area contributed by atoms with Crippen molar-refractivity contribution in [3.8, 4) is 11.5 Å². The van der Waals surface area contributed by atoms with E-state index in [0.29, 0.717) is 10.8 Å². The van der Waals surface area contributed by atoms with Gasteiger partial charge >= 0.3 is 16.4 Å². The molecule has 0 spiro atoms. The standard InChI is InChI=1S/C20H18N2O10S2/c1-31-18-7-4-14(33(26,27)9-8-32-34(28,29)30)11-16(18)21-22-19-15-5-2-13(20(24)25)10-12(15)3-6-17(19)23/h2-7,10-11,23H,8-9H2,1H3,(H,24,25)(H,28,29,30). The van der Waals surface area contributed by atoms with Crippen molar-refractivity contribution in [2.24, 2.45) is 10.2 Å². The van der Waals surface area contributed by atoms with E-state index in [1.165, 1.54) is 49.6 Å². The Balaban J connectivity index is 1.99. The predicted molar refractivity (Wildman–Crippen MR) is 119 cm³/mol. The van der Waals surface area contributed by atoms with Crippen LogP contribution in [0.5, 0.6) is 11.5 Å². The van der Waals surface area contributed by atoms with E-state index in [-0.39, 0.29) is 33.3 Å². The summed E-state index contributed by atoms with van der Waals surface area (Å²) in [5, 5.41) is 28.3. The number of ether oxygens (including phenoxy) is 1. The van der Waals surface area contributed by atoms with Crippen molar-refractivity contribution in [3.63, 3.8) is 0 Å². The summed E-state index contributed by atoms with van der Waals surface area (Å²) in [7, 11) is -7.50. The fraction of sp³-hybridized carbons (Fsp3) is 0.150. The predicted octanol–water partition coefficient (Wildman–Crippen LogP) is 3.26. The Morgan fingerprint density at radius 1 is 1.00 bits per heavy atom. The van der Waals surface area contributed by atoms with Crippen LogP contribution in [0.15, 0.2) is 63.7 Å². The van der Waals surface area contributed by atoms with Crippen molar-refractivity contribution >= 4 is 48.4 Å². The summed E-state index contributed by atoms with van der Waals surface area (Å²) in [6, 6.07) is 10.7. The van der Waals surface area contributed by atoms with Crippen LogP contribution >= 0.6 is 0 Å². The molecule has 0 bridgehead atoms. The number of rotatable bonds is 9. The fourth-order valence-corrected chi connectivity index (χ4v) is 4.46. The average molecular weight is 511 g/mol. The molecule has 0 saturated heterocycles. The van der Waals surface area contributed by atoms with Crippen molar-refractivity contribution in [2.75, 3.05) is 19.5 Å². The number of fused-ring (bicyclic) bond motifs is 1. The largest absolute Gasteiger partial charge is 0.506 e. The van der Waals surface area contributed by atoms with E-state index in [0.717, 1.165) is 6.07 Å². The van der Waals surface area contributed by atoms with Crippen molar-refractivity contribution < 1.29 is 45.3 Å². The summed E-state index contributed by atoms with van der Waals surface area (Å²) in [4.78, 5) is 11.0. The van der Waals surface area contributed by atoms with E-state index >= 15 is 0 Å². The van der Waals surface area contributed by atoms with Crippen molar-refractivity contribution in [3.05, 3.63) is 54.1 Å². The van der Waals surface area contributed by atoms with Gasteiger partial charge in [0.2, 0.25) is 0 Å². The number of carboxylic acids is 1. The molecule has 0 atom stereocenters. The number of sulfone groups is 1. The second kappa shape index (κ2) is 9.72. The van der Waals surface area contributed by atoms with Crippen LogP contribution in [0.4, 0.5) is 11.4 Å². The molecule has 0 aliphatic carbocycles. The molecule has 0 radical (unpaired) electrons. The Morgan fingerprint density at radius 2 is 1.74 bits per heavy atom. The van der Waals surface area contributed by atoms with Crippen LogP contribution in [0.1, 0.15) is 10.4 Å². The Morgan fingerprint density at radius 3 is 2.38 bits per heavy atom. The van der Waals surface area contributed by atoms with E-state index in [2.05, 4.69) is 14.4 Å². The number of hydrogen-bond acceptors (Lipinski definition) is 10. The molecular weight excluding hydrogens is 492 g/mol. The van der Waals surface area contributed by atoms with E-state index in [9.17, 15) is 26.7 Å². The maximum absolute atomic E-state index is 12.5. The molecule has 0 aliphatic rings. The highest BCUT2D eigenvalue weighted by atomic mass is 32.3. The van der Waals surface area contributed by atoms with Crippen molar-refractivity contribution in [1.82, 2.24) is 0 Å². The molecule has 14 heteroatoms. The van der Waals surface area contributed by atoms with Gasteiger partial charge in [-0.1, -0.05) is 12.1 Å². The number of phenolic OH excluding ortho intramolecular Hbond substituents is 1. The minimum atomic E-state index is -4.79. The van der Waals surface area contributed by atoms with E-state index in [1.54, 1.807) is 0 Å². The number of carbonyl (C=O) groups is 1. The zero-order valence-electron chi connectivity index (χ0n) is 17.4. The number of phenols is 1. The van der Waals surface area contributed by atoms with Gasteiger partial charge in [-0.3, -0.25) is 4.55 Å². The fourth-order valence-electron chi connectivity index (χ4n) is 2.95. The molecule has 0 fully saturated rings. The molecule has 3 aromatic carbocycles. The minimum Gasteiger partial charge on any atom is -0.506 e. The zero-order valence-corrected chi connectivity index (χ0v) is 19.1. The third-order valence-corrected chi connectivity index (χ3v) is 6.71. The van der Waals surface area contributed by atoms with Crippen LogP contribution in [-0.4, -0.2) is 57.0 Å².